The Morgan fingerprint density at radius 1 is 1.04 bits per heavy atom. The molecular formula is C23H27NO3. The first-order valence-electron chi connectivity index (χ1n) is 9.47. The molecule has 0 radical (unpaired) electrons. The van der Waals surface area contributed by atoms with Crippen molar-refractivity contribution in [2.45, 2.75) is 51.2 Å². The van der Waals surface area contributed by atoms with Gasteiger partial charge in [0.25, 0.3) is 0 Å². The van der Waals surface area contributed by atoms with Crippen LogP contribution in [0.1, 0.15) is 54.6 Å². The molecule has 0 amide bonds. The summed E-state index contributed by atoms with van der Waals surface area (Å²) in [5.74, 6) is 0.0630. The molecule has 1 N–H and O–H groups in total. The van der Waals surface area contributed by atoms with Crippen LogP contribution < -0.4 is 5.32 Å². The van der Waals surface area contributed by atoms with Crippen LogP contribution in [0.4, 0.5) is 0 Å². The number of benzene rings is 2. The predicted octanol–water partition coefficient (Wildman–Crippen LogP) is 3.90. The summed E-state index contributed by atoms with van der Waals surface area (Å²) in [7, 11) is 0. The summed E-state index contributed by atoms with van der Waals surface area (Å²) in [5.41, 5.74) is 2.10. The summed E-state index contributed by atoms with van der Waals surface area (Å²) < 4.78 is 5.37. The van der Waals surface area contributed by atoms with Gasteiger partial charge in [-0.2, -0.15) is 0 Å². The van der Waals surface area contributed by atoms with Crippen LogP contribution in [0, 0.1) is 0 Å². The molecule has 27 heavy (non-hydrogen) atoms. The summed E-state index contributed by atoms with van der Waals surface area (Å²) in [6.45, 7) is 6.38. The fourth-order valence-electron chi connectivity index (χ4n) is 3.51. The molecule has 0 saturated carbocycles. The zero-order valence-electron chi connectivity index (χ0n) is 16.2. The molecule has 2 aromatic carbocycles. The Bertz CT molecular complexity index is 791. The second kappa shape index (κ2) is 8.05. The van der Waals surface area contributed by atoms with Crippen molar-refractivity contribution >= 4 is 11.8 Å². The summed E-state index contributed by atoms with van der Waals surface area (Å²) in [6, 6.07) is 17.2. The summed E-state index contributed by atoms with van der Waals surface area (Å²) in [6.07, 6.45) is 1.33. The van der Waals surface area contributed by atoms with E-state index in [1.165, 1.54) is 5.56 Å². The van der Waals surface area contributed by atoms with Crippen molar-refractivity contribution in [2.24, 2.45) is 0 Å². The van der Waals surface area contributed by atoms with Crippen LogP contribution in [-0.4, -0.2) is 29.9 Å². The zero-order chi connectivity index (χ0) is 19.4. The number of hydrogen-bond acceptors (Lipinski definition) is 4. The van der Waals surface area contributed by atoms with Gasteiger partial charge in [-0.15, -0.1) is 0 Å². The topological polar surface area (TPSA) is 55.4 Å². The SMILES string of the molecule is CC(C)(C)OC(=O)c1ccc(CC(=O)[C@H]2NCCC2c2ccccc2)cc1. The Morgan fingerprint density at radius 2 is 1.70 bits per heavy atom. The molecule has 1 fully saturated rings. The maximum atomic E-state index is 12.9. The molecule has 0 spiro atoms. The van der Waals surface area contributed by atoms with E-state index in [2.05, 4.69) is 17.4 Å². The van der Waals surface area contributed by atoms with Gasteiger partial charge in [0.15, 0.2) is 5.78 Å². The van der Waals surface area contributed by atoms with Crippen LogP contribution in [0.5, 0.6) is 0 Å². The van der Waals surface area contributed by atoms with Crippen molar-refractivity contribution in [1.82, 2.24) is 5.32 Å². The molecule has 1 unspecified atom stereocenters. The van der Waals surface area contributed by atoms with Crippen LogP contribution in [-0.2, 0) is 16.0 Å². The highest BCUT2D eigenvalue weighted by molar-refractivity contribution is 5.90. The molecule has 2 aromatic rings. The Morgan fingerprint density at radius 3 is 2.33 bits per heavy atom. The third-order valence-corrected chi connectivity index (χ3v) is 4.76. The van der Waals surface area contributed by atoms with E-state index in [1.54, 1.807) is 12.1 Å². The quantitative estimate of drug-likeness (QED) is 0.817. The van der Waals surface area contributed by atoms with Gasteiger partial charge < -0.3 is 10.1 Å². The fourth-order valence-corrected chi connectivity index (χ4v) is 3.51. The van der Waals surface area contributed by atoms with E-state index in [9.17, 15) is 9.59 Å². The smallest absolute Gasteiger partial charge is 0.338 e. The standard InChI is InChI=1S/C23H27NO3/c1-23(2,3)27-22(26)18-11-9-16(10-12-18)15-20(25)21-19(13-14-24-21)17-7-5-4-6-8-17/h4-12,19,21,24H,13-15H2,1-3H3/t19?,21-/m0/s1. The van der Waals surface area contributed by atoms with Crippen molar-refractivity contribution < 1.29 is 14.3 Å². The number of nitrogens with one attached hydrogen (secondary N) is 1. The molecular weight excluding hydrogens is 338 g/mol. The van der Waals surface area contributed by atoms with Gasteiger partial charge in [0.2, 0.25) is 0 Å². The van der Waals surface area contributed by atoms with Crippen molar-refractivity contribution in [3.05, 3.63) is 71.3 Å². The Labute approximate surface area is 160 Å². The predicted molar refractivity (Wildman–Crippen MR) is 106 cm³/mol. The summed E-state index contributed by atoms with van der Waals surface area (Å²) in [5, 5.41) is 3.36. The minimum atomic E-state index is -0.522. The van der Waals surface area contributed by atoms with Crippen molar-refractivity contribution in [1.29, 1.82) is 0 Å². The Hall–Kier alpha value is -2.46. The first-order chi connectivity index (χ1) is 12.8. The van der Waals surface area contributed by atoms with Crippen LogP contribution in [0.15, 0.2) is 54.6 Å². The Balaban J connectivity index is 1.65. The van der Waals surface area contributed by atoms with Gasteiger partial charge in [0.1, 0.15) is 5.60 Å². The number of Topliss-reactive ketones (excluding diaryl/α,β-unsaturated/α-hetero) is 1. The lowest BCUT2D eigenvalue weighted by molar-refractivity contribution is -0.120. The zero-order valence-corrected chi connectivity index (χ0v) is 16.2. The molecule has 1 aliphatic rings. The molecule has 1 saturated heterocycles. The molecule has 0 bridgehead atoms. The number of hydrogen-bond donors (Lipinski definition) is 1. The highest BCUT2D eigenvalue weighted by Gasteiger charge is 2.33. The van der Waals surface area contributed by atoms with Gasteiger partial charge in [0.05, 0.1) is 11.6 Å². The highest BCUT2D eigenvalue weighted by Crippen LogP contribution is 2.28. The summed E-state index contributed by atoms with van der Waals surface area (Å²) >= 11 is 0. The molecule has 0 aromatic heterocycles. The number of rotatable bonds is 5. The number of carbonyl (C=O) groups is 2. The monoisotopic (exact) mass is 365 g/mol. The van der Waals surface area contributed by atoms with Gasteiger partial charge in [-0.25, -0.2) is 4.79 Å². The lowest BCUT2D eigenvalue weighted by Crippen LogP contribution is -2.35. The van der Waals surface area contributed by atoms with E-state index >= 15 is 0 Å². The molecule has 3 rings (SSSR count). The van der Waals surface area contributed by atoms with Crippen LogP contribution in [0.25, 0.3) is 0 Å². The van der Waals surface area contributed by atoms with Gasteiger partial charge in [-0.3, -0.25) is 4.79 Å². The largest absolute Gasteiger partial charge is 0.456 e. The van der Waals surface area contributed by atoms with Gasteiger partial charge in [-0.1, -0.05) is 42.5 Å². The van der Waals surface area contributed by atoms with Gasteiger partial charge in [0, 0.05) is 12.3 Å². The molecule has 4 heteroatoms. The normalized spacial score (nSPS) is 19.7. The lowest BCUT2D eigenvalue weighted by Gasteiger charge is -2.20. The first-order valence-corrected chi connectivity index (χ1v) is 9.47. The summed E-state index contributed by atoms with van der Waals surface area (Å²) in [4.78, 5) is 25.0. The van der Waals surface area contributed by atoms with Crippen molar-refractivity contribution in [3.63, 3.8) is 0 Å². The van der Waals surface area contributed by atoms with E-state index in [0.29, 0.717) is 12.0 Å². The second-order valence-corrected chi connectivity index (χ2v) is 8.08. The second-order valence-electron chi connectivity index (χ2n) is 8.08. The molecule has 4 nitrogen and oxygen atoms in total. The molecule has 0 aliphatic carbocycles. The maximum absolute atomic E-state index is 12.9. The van der Waals surface area contributed by atoms with E-state index < -0.39 is 5.60 Å². The van der Waals surface area contributed by atoms with E-state index in [4.69, 9.17) is 4.74 Å². The Kier molecular flexibility index (Phi) is 5.76. The van der Waals surface area contributed by atoms with Crippen LogP contribution in [0.2, 0.25) is 0 Å². The molecule has 2 atom stereocenters. The van der Waals surface area contributed by atoms with E-state index in [1.807, 2.05) is 51.1 Å². The number of carbonyl (C=O) groups excluding carboxylic acids is 2. The molecule has 142 valence electrons. The van der Waals surface area contributed by atoms with Crippen molar-refractivity contribution in [2.75, 3.05) is 6.54 Å². The highest BCUT2D eigenvalue weighted by atomic mass is 16.6. The van der Waals surface area contributed by atoms with Crippen LogP contribution >= 0.6 is 0 Å². The van der Waals surface area contributed by atoms with Crippen molar-refractivity contribution in [3.8, 4) is 0 Å². The number of esters is 1. The first kappa shape index (κ1) is 19.3. The molecule has 1 aliphatic heterocycles. The average molecular weight is 365 g/mol. The van der Waals surface area contributed by atoms with Gasteiger partial charge >= 0.3 is 5.97 Å². The minimum absolute atomic E-state index is 0.155. The number of ether oxygens (including phenoxy) is 1. The van der Waals surface area contributed by atoms with Gasteiger partial charge in [-0.05, 0) is 57.0 Å². The minimum Gasteiger partial charge on any atom is -0.456 e. The third kappa shape index (κ3) is 5.04. The lowest BCUT2D eigenvalue weighted by atomic mass is 9.88. The number of ketones is 1. The van der Waals surface area contributed by atoms with E-state index in [-0.39, 0.29) is 23.7 Å². The fraction of sp³-hybridized carbons (Fsp3) is 0.391. The van der Waals surface area contributed by atoms with E-state index in [0.717, 1.165) is 18.5 Å². The maximum Gasteiger partial charge on any atom is 0.338 e. The van der Waals surface area contributed by atoms with Crippen LogP contribution in [0.3, 0.4) is 0 Å². The molecule has 1 heterocycles. The average Bonchev–Trinajstić information content (AvgIpc) is 3.11. The third-order valence-electron chi connectivity index (χ3n) is 4.76.